The number of amides is 1. The van der Waals surface area contributed by atoms with Crippen molar-refractivity contribution < 1.29 is 26.7 Å². The third-order valence-electron chi connectivity index (χ3n) is 3.66. The fourth-order valence-corrected chi connectivity index (χ4v) is 2.66. The number of halogens is 7. The van der Waals surface area contributed by atoms with Crippen LogP contribution in [0.2, 0.25) is 10.0 Å². The Morgan fingerprint density at radius 3 is 2.07 bits per heavy atom. The van der Waals surface area contributed by atoms with E-state index < -0.39 is 40.9 Å². The lowest BCUT2D eigenvalue weighted by Crippen LogP contribution is -2.21. The van der Waals surface area contributed by atoms with E-state index in [1.807, 2.05) is 0 Å². The Kier molecular flexibility index (Phi) is 6.09. The van der Waals surface area contributed by atoms with Crippen LogP contribution in [0.15, 0.2) is 42.6 Å². The Balaban J connectivity index is 1.91. The molecule has 30 heavy (non-hydrogen) atoms. The Morgan fingerprint density at radius 1 is 0.933 bits per heavy atom. The van der Waals surface area contributed by atoms with Gasteiger partial charge in [0.2, 0.25) is 5.95 Å². The topological polar surface area (TPSA) is 66.9 Å². The highest BCUT2D eigenvalue weighted by atomic mass is 35.5. The maximum atomic E-state index is 13.5. The molecule has 3 aromatic rings. The molecule has 0 aliphatic heterocycles. The van der Waals surface area contributed by atoms with Crippen molar-refractivity contribution in [3.8, 4) is 0 Å². The van der Waals surface area contributed by atoms with Gasteiger partial charge in [-0.1, -0.05) is 23.2 Å². The lowest BCUT2D eigenvalue weighted by Gasteiger charge is -2.14. The third-order valence-corrected chi connectivity index (χ3v) is 4.23. The van der Waals surface area contributed by atoms with Crippen molar-refractivity contribution in [2.24, 2.45) is 0 Å². The summed E-state index contributed by atoms with van der Waals surface area (Å²) in [7, 11) is 0. The summed E-state index contributed by atoms with van der Waals surface area (Å²) >= 11 is 11.2. The fourth-order valence-electron chi connectivity index (χ4n) is 2.30. The van der Waals surface area contributed by atoms with Gasteiger partial charge in [0.05, 0.1) is 15.6 Å². The van der Waals surface area contributed by atoms with Crippen LogP contribution in [-0.2, 0) is 6.18 Å². The maximum Gasteiger partial charge on any atom is 0.434 e. The number of carbonyl (C=O) groups excluding carboxylic acids is 1. The molecule has 5 nitrogen and oxygen atoms in total. The smallest absolute Gasteiger partial charge is 0.324 e. The molecule has 0 saturated carbocycles. The first-order valence-corrected chi connectivity index (χ1v) is 8.73. The van der Waals surface area contributed by atoms with Crippen molar-refractivity contribution in [3.63, 3.8) is 0 Å². The Hall–Kier alpha value is -2.98. The zero-order chi connectivity index (χ0) is 22.1. The normalized spacial score (nSPS) is 11.3. The van der Waals surface area contributed by atoms with Gasteiger partial charge in [-0.15, -0.1) is 0 Å². The van der Waals surface area contributed by atoms with Crippen LogP contribution in [0.3, 0.4) is 0 Å². The molecule has 3 rings (SSSR count). The summed E-state index contributed by atoms with van der Waals surface area (Å²) in [5.41, 5.74) is -2.28. The maximum absolute atomic E-state index is 13.5. The van der Waals surface area contributed by atoms with Crippen LogP contribution >= 0.6 is 23.2 Å². The number of rotatable bonds is 4. The van der Waals surface area contributed by atoms with Gasteiger partial charge in [0.25, 0.3) is 5.91 Å². The highest BCUT2D eigenvalue weighted by Gasteiger charge is 2.38. The van der Waals surface area contributed by atoms with Gasteiger partial charge in [-0.05, 0) is 36.4 Å². The molecule has 0 spiro atoms. The molecule has 0 radical (unpaired) electrons. The molecule has 2 N–H and O–H groups in total. The van der Waals surface area contributed by atoms with Crippen molar-refractivity contribution in [3.05, 3.63) is 75.5 Å². The van der Waals surface area contributed by atoms with Gasteiger partial charge in [0, 0.05) is 17.6 Å². The second-order valence-electron chi connectivity index (χ2n) is 5.79. The summed E-state index contributed by atoms with van der Waals surface area (Å²) in [5.74, 6) is -3.15. The van der Waals surface area contributed by atoms with Crippen LogP contribution in [0.25, 0.3) is 0 Å². The zero-order valence-electron chi connectivity index (χ0n) is 14.5. The Morgan fingerprint density at radius 2 is 1.50 bits per heavy atom. The first-order valence-electron chi connectivity index (χ1n) is 7.97. The predicted molar refractivity (Wildman–Crippen MR) is 101 cm³/mol. The van der Waals surface area contributed by atoms with E-state index in [0.717, 1.165) is 30.3 Å². The summed E-state index contributed by atoms with van der Waals surface area (Å²) in [6, 6.07) is 6.46. The number of hydrogen-bond acceptors (Lipinski definition) is 4. The first-order chi connectivity index (χ1) is 14.0. The molecule has 156 valence electrons. The van der Waals surface area contributed by atoms with E-state index in [4.69, 9.17) is 23.2 Å². The highest BCUT2D eigenvalue weighted by Crippen LogP contribution is 2.32. The molecule has 0 fully saturated rings. The monoisotopic (exact) mass is 462 g/mol. The molecule has 0 unspecified atom stereocenters. The van der Waals surface area contributed by atoms with Crippen molar-refractivity contribution in [2.45, 2.75) is 6.18 Å². The van der Waals surface area contributed by atoms with Gasteiger partial charge >= 0.3 is 6.18 Å². The van der Waals surface area contributed by atoms with Crippen LogP contribution in [-0.4, -0.2) is 15.9 Å². The second kappa shape index (κ2) is 8.41. The summed E-state index contributed by atoms with van der Waals surface area (Å²) in [6.07, 6.45) is -4.32. The number of hydrogen-bond donors (Lipinski definition) is 2. The molecule has 12 heteroatoms. The Labute approximate surface area is 175 Å². The van der Waals surface area contributed by atoms with E-state index in [0.29, 0.717) is 6.20 Å². The van der Waals surface area contributed by atoms with E-state index in [2.05, 4.69) is 20.6 Å². The molecule has 1 aromatic heterocycles. The molecule has 0 aliphatic rings. The minimum atomic E-state index is -4.99. The van der Waals surface area contributed by atoms with E-state index >= 15 is 0 Å². The number of anilines is 3. The van der Waals surface area contributed by atoms with Crippen LogP contribution < -0.4 is 10.6 Å². The SMILES string of the molecule is O=C(Nc1ccc(F)c(Cl)c1)c1cnc(Nc2ccc(F)c(Cl)c2)nc1C(F)(F)F. The van der Waals surface area contributed by atoms with Crippen LogP contribution in [0, 0.1) is 11.6 Å². The lowest BCUT2D eigenvalue weighted by molar-refractivity contribution is -0.141. The number of nitrogens with one attached hydrogen (secondary N) is 2. The van der Waals surface area contributed by atoms with Crippen molar-refractivity contribution >= 4 is 46.4 Å². The molecule has 0 atom stereocenters. The largest absolute Gasteiger partial charge is 0.434 e. The van der Waals surface area contributed by atoms with Crippen molar-refractivity contribution in [2.75, 3.05) is 10.6 Å². The average Bonchev–Trinajstić information content (AvgIpc) is 2.67. The summed E-state index contributed by atoms with van der Waals surface area (Å²) in [5, 5.41) is 4.04. The first kappa shape index (κ1) is 21.7. The molecule has 2 aromatic carbocycles. The van der Waals surface area contributed by atoms with E-state index in [1.54, 1.807) is 0 Å². The molecular formula is C18H9Cl2F5N4O. The summed E-state index contributed by atoms with van der Waals surface area (Å²) < 4.78 is 66.8. The quantitative estimate of drug-likeness (QED) is 0.461. The summed E-state index contributed by atoms with van der Waals surface area (Å²) in [6.45, 7) is 0. The highest BCUT2D eigenvalue weighted by molar-refractivity contribution is 6.31. The fraction of sp³-hybridized carbons (Fsp3) is 0.0556. The van der Waals surface area contributed by atoms with Gasteiger partial charge in [-0.2, -0.15) is 13.2 Å². The average molecular weight is 463 g/mol. The third kappa shape index (κ3) is 4.95. The molecule has 0 aliphatic carbocycles. The van der Waals surface area contributed by atoms with Crippen molar-refractivity contribution in [1.29, 1.82) is 0 Å². The molecule has 1 amide bonds. The van der Waals surface area contributed by atoms with Crippen LogP contribution in [0.1, 0.15) is 16.1 Å². The van der Waals surface area contributed by atoms with Gasteiger partial charge in [-0.3, -0.25) is 4.79 Å². The minimum absolute atomic E-state index is 0.0253. The zero-order valence-corrected chi connectivity index (χ0v) is 16.0. The number of benzene rings is 2. The van der Waals surface area contributed by atoms with E-state index in [-0.39, 0.29) is 21.4 Å². The number of aromatic nitrogens is 2. The predicted octanol–water partition coefficient (Wildman–Crippen LogP) is 6.08. The number of carbonyl (C=O) groups is 1. The van der Waals surface area contributed by atoms with Crippen molar-refractivity contribution in [1.82, 2.24) is 9.97 Å². The van der Waals surface area contributed by atoms with Crippen LogP contribution in [0.4, 0.5) is 39.3 Å². The number of alkyl halides is 3. The van der Waals surface area contributed by atoms with Gasteiger partial charge in [0.1, 0.15) is 11.6 Å². The second-order valence-corrected chi connectivity index (χ2v) is 6.60. The van der Waals surface area contributed by atoms with Gasteiger partial charge in [-0.25, -0.2) is 18.7 Å². The molecule has 1 heterocycles. The molecule has 0 bridgehead atoms. The lowest BCUT2D eigenvalue weighted by atomic mass is 10.2. The van der Waals surface area contributed by atoms with Gasteiger partial charge in [0.15, 0.2) is 5.69 Å². The van der Waals surface area contributed by atoms with E-state index in [1.165, 1.54) is 6.07 Å². The molecular weight excluding hydrogens is 454 g/mol. The summed E-state index contributed by atoms with van der Waals surface area (Å²) in [4.78, 5) is 19.4. The molecule has 0 saturated heterocycles. The van der Waals surface area contributed by atoms with Gasteiger partial charge < -0.3 is 10.6 Å². The van der Waals surface area contributed by atoms with Crippen LogP contribution in [0.5, 0.6) is 0 Å². The Bertz CT molecular complexity index is 1120. The van der Waals surface area contributed by atoms with E-state index in [9.17, 15) is 26.7 Å². The standard InChI is InChI=1S/C18H9Cl2F5N4O/c19-11-5-8(1-3-13(11)21)27-16(30)10-7-26-17(29-15(10)18(23,24)25)28-9-2-4-14(22)12(20)6-9/h1-7H,(H,27,30)(H,26,28,29). The minimum Gasteiger partial charge on any atom is -0.324 e. The number of nitrogens with zero attached hydrogens (tertiary/aromatic N) is 2.